The summed E-state index contributed by atoms with van der Waals surface area (Å²) < 4.78 is 0. The van der Waals surface area contributed by atoms with Crippen molar-refractivity contribution in [2.24, 2.45) is 39.4 Å². The van der Waals surface area contributed by atoms with Crippen molar-refractivity contribution in [3.8, 4) is 0 Å². The maximum Gasteiger partial charge on any atom is 0.138 e. The minimum absolute atomic E-state index is 0.115. The van der Waals surface area contributed by atoms with Crippen LogP contribution in [0.25, 0.3) is 0 Å². The number of hydrogen-bond acceptors (Lipinski definition) is 2. The van der Waals surface area contributed by atoms with E-state index < -0.39 is 0 Å². The van der Waals surface area contributed by atoms with E-state index >= 15 is 0 Å². The average molecular weight is 439 g/mol. The van der Waals surface area contributed by atoms with Crippen molar-refractivity contribution in [2.75, 3.05) is 6.61 Å². The van der Waals surface area contributed by atoms with E-state index in [0.717, 1.165) is 38.5 Å². The Morgan fingerprint density at radius 3 is 2.50 bits per heavy atom. The van der Waals surface area contributed by atoms with E-state index in [2.05, 4.69) is 66.7 Å². The molecular weight excluding hydrogens is 392 g/mol. The van der Waals surface area contributed by atoms with E-state index in [1.807, 2.05) is 0 Å². The first kappa shape index (κ1) is 24.0. The Bertz CT molecular complexity index is 869. The molecule has 2 saturated carbocycles. The maximum atomic E-state index is 12.8. The molecule has 1 N–H and O–H groups in total. The molecule has 0 aliphatic heterocycles. The van der Waals surface area contributed by atoms with Crippen LogP contribution in [0, 0.1) is 39.4 Å². The molecule has 0 aromatic heterocycles. The van der Waals surface area contributed by atoms with Gasteiger partial charge in [0.15, 0.2) is 0 Å². The minimum atomic E-state index is -0.233. The van der Waals surface area contributed by atoms with Gasteiger partial charge in [0, 0.05) is 18.4 Å². The van der Waals surface area contributed by atoms with Gasteiger partial charge in [0.25, 0.3) is 0 Å². The van der Waals surface area contributed by atoms with Crippen molar-refractivity contribution in [2.45, 2.75) is 99.8 Å². The van der Waals surface area contributed by atoms with Gasteiger partial charge in [-0.05, 0) is 104 Å². The van der Waals surface area contributed by atoms with Crippen molar-refractivity contribution < 1.29 is 9.90 Å². The first-order valence-corrected chi connectivity index (χ1v) is 13.1. The molecule has 0 aromatic carbocycles. The quantitative estimate of drug-likeness (QED) is 0.453. The van der Waals surface area contributed by atoms with Gasteiger partial charge in [-0.2, -0.15) is 0 Å². The van der Waals surface area contributed by atoms with Gasteiger partial charge in [0.05, 0.1) is 0 Å². The fourth-order valence-electron chi connectivity index (χ4n) is 8.61. The molecule has 178 valence electrons. The predicted octanol–water partition coefficient (Wildman–Crippen LogP) is 7.44. The number of fused-ring (bicyclic) bond motifs is 5. The lowest BCUT2D eigenvalue weighted by atomic mass is 9.44. The number of Topliss-reactive ketones (excluding diaryl/α,β-unsaturated/α-hetero) is 1. The van der Waals surface area contributed by atoms with Crippen molar-refractivity contribution in [1.82, 2.24) is 0 Å². The molecule has 4 aliphatic carbocycles. The molecule has 0 aromatic rings. The van der Waals surface area contributed by atoms with Crippen LogP contribution in [0.3, 0.4) is 0 Å². The van der Waals surface area contributed by atoms with Gasteiger partial charge in [-0.25, -0.2) is 0 Å². The highest BCUT2D eigenvalue weighted by atomic mass is 16.3. The van der Waals surface area contributed by atoms with Crippen LogP contribution in [0.2, 0.25) is 0 Å². The molecule has 0 heterocycles. The molecular formula is C30H46O2. The van der Waals surface area contributed by atoms with Crippen LogP contribution in [-0.2, 0) is 4.79 Å². The number of carbonyl (C=O) groups is 1. The highest BCUT2D eigenvalue weighted by Crippen LogP contribution is 2.71. The molecule has 32 heavy (non-hydrogen) atoms. The highest BCUT2D eigenvalue weighted by Gasteiger charge is 2.63. The van der Waals surface area contributed by atoms with Gasteiger partial charge in [0.2, 0.25) is 0 Å². The van der Waals surface area contributed by atoms with Gasteiger partial charge >= 0.3 is 0 Å². The van der Waals surface area contributed by atoms with Crippen LogP contribution < -0.4 is 0 Å². The first-order valence-electron chi connectivity index (χ1n) is 13.1. The monoisotopic (exact) mass is 438 g/mol. The second-order valence-corrected chi connectivity index (χ2v) is 13.0. The Balaban J connectivity index is 1.68. The summed E-state index contributed by atoms with van der Waals surface area (Å²) >= 11 is 0. The van der Waals surface area contributed by atoms with E-state index in [9.17, 15) is 9.90 Å². The standard InChI is InChI=1S/C30H46O2/c1-20(2)9-8-10-21(19-31)22-13-17-30(7)24-11-12-25-27(3,4)26(32)15-16-28(25,5)23(24)14-18-29(22,30)6/h9,11,14,21-22,25,31H,8,10,12-13,15-19H2,1-7H3/t21-,22+,25+,28+,29+,30-/m0/s1. The molecule has 2 nitrogen and oxygen atoms in total. The fourth-order valence-corrected chi connectivity index (χ4v) is 8.61. The summed E-state index contributed by atoms with van der Waals surface area (Å²) in [4.78, 5) is 12.8. The number of aliphatic hydroxyl groups is 1. The molecule has 0 unspecified atom stereocenters. The number of ketones is 1. The molecule has 0 amide bonds. The number of allylic oxidation sites excluding steroid dienone is 6. The summed E-state index contributed by atoms with van der Waals surface area (Å²) in [5.74, 6) is 1.81. The highest BCUT2D eigenvalue weighted by molar-refractivity contribution is 5.86. The Hall–Kier alpha value is -1.15. The normalized spacial score (nSPS) is 41.1. The number of hydrogen-bond donors (Lipinski definition) is 1. The summed E-state index contributed by atoms with van der Waals surface area (Å²) in [6, 6.07) is 0. The molecule has 4 rings (SSSR count). The third-order valence-electron chi connectivity index (χ3n) is 10.9. The lowest BCUT2D eigenvalue weighted by Gasteiger charge is -2.59. The zero-order valence-electron chi connectivity index (χ0n) is 21.7. The number of carbonyl (C=O) groups excluding carboxylic acids is 1. The first-order chi connectivity index (χ1) is 14.9. The zero-order chi connectivity index (χ0) is 23.5. The Morgan fingerprint density at radius 2 is 1.84 bits per heavy atom. The van der Waals surface area contributed by atoms with E-state index in [0.29, 0.717) is 30.1 Å². The second kappa shape index (κ2) is 7.97. The molecule has 4 aliphatic rings. The van der Waals surface area contributed by atoms with Crippen molar-refractivity contribution in [3.05, 3.63) is 34.9 Å². The molecule has 0 saturated heterocycles. The Labute approximate surface area is 196 Å². The molecule has 2 fully saturated rings. The fraction of sp³-hybridized carbons (Fsp3) is 0.767. The number of aliphatic hydroxyl groups excluding tert-OH is 1. The van der Waals surface area contributed by atoms with Gasteiger partial charge in [-0.1, -0.05) is 58.4 Å². The molecule has 0 bridgehead atoms. The second-order valence-electron chi connectivity index (χ2n) is 13.0. The minimum Gasteiger partial charge on any atom is -0.396 e. The summed E-state index contributed by atoms with van der Waals surface area (Å²) in [6.07, 6.45) is 15.9. The zero-order valence-corrected chi connectivity index (χ0v) is 21.7. The van der Waals surface area contributed by atoms with Crippen LogP contribution >= 0.6 is 0 Å². The molecule has 6 atom stereocenters. The van der Waals surface area contributed by atoms with Crippen LogP contribution in [0.15, 0.2) is 34.9 Å². The molecule has 0 radical (unpaired) electrons. The lowest BCUT2D eigenvalue weighted by Crippen LogP contribution is -2.53. The summed E-state index contributed by atoms with van der Waals surface area (Å²) in [7, 11) is 0. The van der Waals surface area contributed by atoms with Crippen LogP contribution in [0.1, 0.15) is 99.8 Å². The molecule has 2 heteroatoms. The van der Waals surface area contributed by atoms with E-state index in [-0.39, 0.29) is 21.7 Å². The van der Waals surface area contributed by atoms with E-state index in [1.54, 1.807) is 11.1 Å². The van der Waals surface area contributed by atoms with Gasteiger partial charge in [-0.3, -0.25) is 4.79 Å². The van der Waals surface area contributed by atoms with Crippen molar-refractivity contribution in [1.29, 1.82) is 0 Å². The van der Waals surface area contributed by atoms with E-state index in [4.69, 9.17) is 0 Å². The summed E-state index contributed by atoms with van der Waals surface area (Å²) in [5, 5.41) is 10.4. The lowest BCUT2D eigenvalue weighted by molar-refractivity contribution is -0.138. The third kappa shape index (κ3) is 3.26. The van der Waals surface area contributed by atoms with Gasteiger partial charge < -0.3 is 5.11 Å². The third-order valence-corrected chi connectivity index (χ3v) is 10.9. The number of rotatable bonds is 5. The van der Waals surface area contributed by atoms with Crippen LogP contribution in [-0.4, -0.2) is 17.5 Å². The maximum absolute atomic E-state index is 12.8. The predicted molar refractivity (Wildman–Crippen MR) is 133 cm³/mol. The Morgan fingerprint density at radius 1 is 1.12 bits per heavy atom. The van der Waals surface area contributed by atoms with Gasteiger partial charge in [-0.15, -0.1) is 0 Å². The van der Waals surface area contributed by atoms with Crippen molar-refractivity contribution >= 4 is 5.78 Å². The van der Waals surface area contributed by atoms with Crippen LogP contribution in [0.5, 0.6) is 0 Å². The largest absolute Gasteiger partial charge is 0.396 e. The van der Waals surface area contributed by atoms with E-state index in [1.165, 1.54) is 18.4 Å². The average Bonchev–Trinajstić information content (AvgIpc) is 3.00. The molecule has 0 spiro atoms. The topological polar surface area (TPSA) is 37.3 Å². The van der Waals surface area contributed by atoms with Crippen molar-refractivity contribution in [3.63, 3.8) is 0 Å². The van der Waals surface area contributed by atoms with Gasteiger partial charge in [0.1, 0.15) is 5.78 Å². The van der Waals surface area contributed by atoms with Crippen LogP contribution in [0.4, 0.5) is 0 Å². The summed E-state index contributed by atoms with van der Waals surface area (Å²) in [6.45, 7) is 16.5. The summed E-state index contributed by atoms with van der Waals surface area (Å²) in [5.41, 5.74) is 4.79. The Kier molecular flexibility index (Phi) is 5.97. The smallest absolute Gasteiger partial charge is 0.138 e. The SMILES string of the molecule is CC(C)=CCC[C@@H](CO)[C@H]1CC[C@@]2(C)C3=CC[C@@H]4C(C)(C)C(=O)CC[C@]4(C)C3=CC[C@]12C.